The van der Waals surface area contributed by atoms with Crippen molar-refractivity contribution < 1.29 is 4.39 Å². The van der Waals surface area contributed by atoms with Crippen LogP contribution in [0, 0.1) is 5.82 Å². The van der Waals surface area contributed by atoms with E-state index in [4.69, 9.17) is 11.6 Å². The van der Waals surface area contributed by atoms with Crippen LogP contribution in [0.25, 0.3) is 11.1 Å². The Bertz CT molecular complexity index is 573. The van der Waals surface area contributed by atoms with Crippen LogP contribution in [0.5, 0.6) is 0 Å². The summed E-state index contributed by atoms with van der Waals surface area (Å²) in [7, 11) is 0. The first-order chi connectivity index (χ1) is 9.22. The zero-order valence-electron chi connectivity index (χ0n) is 10.5. The molecule has 1 fully saturated rings. The summed E-state index contributed by atoms with van der Waals surface area (Å²) in [6, 6.07) is 13.4. The Hall–Kier alpha value is -1.38. The summed E-state index contributed by atoms with van der Waals surface area (Å²) in [5.74, 6) is -0.299. The van der Waals surface area contributed by atoms with E-state index in [0.717, 1.165) is 17.7 Å². The van der Waals surface area contributed by atoms with Crippen LogP contribution < -0.4 is 5.32 Å². The standard InChI is InChI=1S/C16H15ClFN/c17-13-7-12(8-14(18)9-13)16-4-2-1-3-11(16)10-19-15-5-6-15/h1-4,7-9,15,19H,5-6,10H2. The van der Waals surface area contributed by atoms with Gasteiger partial charge in [-0.25, -0.2) is 4.39 Å². The number of benzene rings is 2. The van der Waals surface area contributed by atoms with Crippen LogP contribution in [0.2, 0.25) is 5.02 Å². The van der Waals surface area contributed by atoms with E-state index in [1.807, 2.05) is 18.2 Å². The molecule has 3 heteroatoms. The highest BCUT2D eigenvalue weighted by molar-refractivity contribution is 6.30. The normalized spacial score (nSPS) is 14.6. The Kier molecular flexibility index (Phi) is 3.54. The average molecular weight is 276 g/mol. The molecule has 19 heavy (non-hydrogen) atoms. The fourth-order valence-corrected chi connectivity index (χ4v) is 2.43. The van der Waals surface area contributed by atoms with Crippen molar-refractivity contribution in [2.75, 3.05) is 0 Å². The topological polar surface area (TPSA) is 12.0 Å². The predicted molar refractivity (Wildman–Crippen MR) is 76.7 cm³/mol. The molecule has 0 bridgehead atoms. The van der Waals surface area contributed by atoms with Gasteiger partial charge in [0.1, 0.15) is 5.82 Å². The minimum atomic E-state index is -0.299. The van der Waals surface area contributed by atoms with Gasteiger partial charge in [0.15, 0.2) is 0 Å². The van der Waals surface area contributed by atoms with E-state index in [1.165, 1.54) is 30.5 Å². The number of hydrogen-bond donors (Lipinski definition) is 1. The fourth-order valence-electron chi connectivity index (χ4n) is 2.21. The Balaban J connectivity index is 1.93. The summed E-state index contributed by atoms with van der Waals surface area (Å²) >= 11 is 5.93. The minimum Gasteiger partial charge on any atom is -0.310 e. The van der Waals surface area contributed by atoms with E-state index in [2.05, 4.69) is 11.4 Å². The highest BCUT2D eigenvalue weighted by Gasteiger charge is 2.20. The summed E-state index contributed by atoms with van der Waals surface area (Å²) < 4.78 is 13.5. The highest BCUT2D eigenvalue weighted by Crippen LogP contribution is 2.28. The Morgan fingerprint density at radius 2 is 1.95 bits per heavy atom. The van der Waals surface area contributed by atoms with E-state index < -0.39 is 0 Å². The quantitative estimate of drug-likeness (QED) is 0.872. The van der Waals surface area contributed by atoms with Crippen molar-refractivity contribution in [1.29, 1.82) is 0 Å². The first kappa shape index (κ1) is 12.6. The molecule has 0 aliphatic heterocycles. The van der Waals surface area contributed by atoms with E-state index in [1.54, 1.807) is 6.07 Å². The molecular formula is C16H15ClFN. The Labute approximate surface area is 117 Å². The van der Waals surface area contributed by atoms with Gasteiger partial charge in [-0.3, -0.25) is 0 Å². The van der Waals surface area contributed by atoms with Crippen molar-refractivity contribution >= 4 is 11.6 Å². The molecule has 0 heterocycles. The van der Waals surface area contributed by atoms with Gasteiger partial charge in [0.05, 0.1) is 0 Å². The molecule has 3 rings (SSSR count). The van der Waals surface area contributed by atoms with E-state index in [9.17, 15) is 4.39 Å². The van der Waals surface area contributed by atoms with Gasteiger partial charge >= 0.3 is 0 Å². The van der Waals surface area contributed by atoms with Crippen LogP contribution in [0.3, 0.4) is 0 Å². The summed E-state index contributed by atoms with van der Waals surface area (Å²) in [5, 5.41) is 3.92. The summed E-state index contributed by atoms with van der Waals surface area (Å²) in [6.45, 7) is 0.814. The molecule has 0 aromatic heterocycles. The number of halogens is 2. The van der Waals surface area contributed by atoms with E-state index in [0.29, 0.717) is 11.1 Å². The molecule has 98 valence electrons. The lowest BCUT2D eigenvalue weighted by atomic mass is 9.99. The van der Waals surface area contributed by atoms with Crippen molar-refractivity contribution in [2.45, 2.75) is 25.4 Å². The highest BCUT2D eigenvalue weighted by atomic mass is 35.5. The molecular weight excluding hydrogens is 261 g/mol. The van der Waals surface area contributed by atoms with Crippen molar-refractivity contribution in [3.63, 3.8) is 0 Å². The van der Waals surface area contributed by atoms with Gasteiger partial charge in [-0.15, -0.1) is 0 Å². The van der Waals surface area contributed by atoms with E-state index in [-0.39, 0.29) is 5.82 Å². The maximum Gasteiger partial charge on any atom is 0.125 e. The minimum absolute atomic E-state index is 0.299. The van der Waals surface area contributed by atoms with Crippen LogP contribution in [0.15, 0.2) is 42.5 Å². The third kappa shape index (κ3) is 3.14. The maximum absolute atomic E-state index is 13.5. The third-order valence-corrected chi connectivity index (χ3v) is 3.57. The number of rotatable bonds is 4. The molecule has 0 spiro atoms. The Morgan fingerprint density at radius 3 is 2.68 bits per heavy atom. The second-order valence-electron chi connectivity index (χ2n) is 4.97. The molecule has 0 saturated heterocycles. The third-order valence-electron chi connectivity index (χ3n) is 3.35. The van der Waals surface area contributed by atoms with E-state index >= 15 is 0 Å². The van der Waals surface area contributed by atoms with Crippen molar-refractivity contribution in [3.05, 3.63) is 58.9 Å². The van der Waals surface area contributed by atoms with Crippen molar-refractivity contribution in [1.82, 2.24) is 5.32 Å². The fraction of sp³-hybridized carbons (Fsp3) is 0.250. The van der Waals surface area contributed by atoms with Crippen LogP contribution >= 0.6 is 11.6 Å². The van der Waals surface area contributed by atoms with Gasteiger partial charge < -0.3 is 5.32 Å². The zero-order chi connectivity index (χ0) is 13.2. The van der Waals surface area contributed by atoms with Crippen LogP contribution in [-0.2, 0) is 6.54 Å². The van der Waals surface area contributed by atoms with Gasteiger partial charge in [0, 0.05) is 17.6 Å². The molecule has 0 radical (unpaired) electrons. The first-order valence-corrected chi connectivity index (χ1v) is 6.88. The summed E-state index contributed by atoms with van der Waals surface area (Å²) in [4.78, 5) is 0. The molecule has 0 unspecified atom stereocenters. The number of nitrogens with one attached hydrogen (secondary N) is 1. The summed E-state index contributed by atoms with van der Waals surface area (Å²) in [5.41, 5.74) is 3.05. The van der Waals surface area contributed by atoms with Gasteiger partial charge in [-0.1, -0.05) is 35.9 Å². The lowest BCUT2D eigenvalue weighted by molar-refractivity contribution is 0.628. The lowest BCUT2D eigenvalue weighted by Crippen LogP contribution is -2.15. The molecule has 1 aliphatic carbocycles. The SMILES string of the molecule is Fc1cc(Cl)cc(-c2ccccc2CNC2CC2)c1. The average Bonchev–Trinajstić information content (AvgIpc) is 3.19. The monoisotopic (exact) mass is 275 g/mol. The van der Waals surface area contributed by atoms with Crippen molar-refractivity contribution in [3.8, 4) is 11.1 Å². The van der Waals surface area contributed by atoms with Crippen molar-refractivity contribution in [2.24, 2.45) is 0 Å². The second kappa shape index (κ2) is 5.32. The van der Waals surface area contributed by atoms with Gasteiger partial charge in [0.25, 0.3) is 0 Å². The largest absolute Gasteiger partial charge is 0.310 e. The van der Waals surface area contributed by atoms with Gasteiger partial charge in [-0.2, -0.15) is 0 Å². The maximum atomic E-state index is 13.5. The van der Waals surface area contributed by atoms with Crippen LogP contribution in [0.4, 0.5) is 4.39 Å². The molecule has 0 amide bonds. The molecule has 1 N–H and O–H groups in total. The molecule has 0 atom stereocenters. The molecule has 1 nitrogen and oxygen atoms in total. The van der Waals surface area contributed by atoms with Crippen LogP contribution in [0.1, 0.15) is 18.4 Å². The zero-order valence-corrected chi connectivity index (χ0v) is 11.3. The van der Waals surface area contributed by atoms with Gasteiger partial charge in [0.2, 0.25) is 0 Å². The smallest absolute Gasteiger partial charge is 0.125 e. The Morgan fingerprint density at radius 1 is 1.16 bits per heavy atom. The van der Waals surface area contributed by atoms with Gasteiger partial charge in [-0.05, 0) is 47.7 Å². The van der Waals surface area contributed by atoms with Crippen LogP contribution in [-0.4, -0.2) is 6.04 Å². The molecule has 2 aromatic carbocycles. The molecule has 1 saturated carbocycles. The summed E-state index contributed by atoms with van der Waals surface area (Å²) in [6.07, 6.45) is 2.52. The first-order valence-electron chi connectivity index (χ1n) is 6.50. The second-order valence-corrected chi connectivity index (χ2v) is 5.41. The predicted octanol–water partition coefficient (Wildman–Crippen LogP) is 4.40. The molecule has 1 aliphatic rings. The number of hydrogen-bond acceptors (Lipinski definition) is 1. The molecule has 2 aromatic rings. The lowest BCUT2D eigenvalue weighted by Gasteiger charge is -2.11.